The van der Waals surface area contributed by atoms with Gasteiger partial charge in [-0.05, 0) is 25.8 Å². The molecule has 0 aliphatic heterocycles. The third-order valence-corrected chi connectivity index (χ3v) is 6.50. The first-order chi connectivity index (χ1) is 12.7. The highest BCUT2D eigenvalue weighted by molar-refractivity contribution is 7.98. The number of unbranched alkanes of at least 4 members (excludes halogenated alkanes) is 1. The summed E-state index contributed by atoms with van der Waals surface area (Å²) in [6, 6.07) is 0. The number of hydrogen-bond acceptors (Lipinski definition) is 7. The molecular weight excluding hydrogens is 380 g/mol. The van der Waals surface area contributed by atoms with Crippen molar-refractivity contribution < 1.29 is 4.52 Å². The van der Waals surface area contributed by atoms with Crippen LogP contribution in [0.5, 0.6) is 0 Å². The molecule has 0 bridgehead atoms. The summed E-state index contributed by atoms with van der Waals surface area (Å²) < 4.78 is 7.17. The fraction of sp³-hybridized carbons (Fsp3) is 0.579. The van der Waals surface area contributed by atoms with Crippen LogP contribution in [-0.2, 0) is 17.7 Å². The zero-order chi connectivity index (χ0) is 19.8. The number of aryl methyl sites for hydroxylation is 2. The maximum Gasteiger partial charge on any atom is 0.263 e. The maximum absolute atomic E-state index is 13.1. The van der Waals surface area contributed by atoms with Crippen molar-refractivity contribution >= 4 is 33.3 Å². The fourth-order valence-corrected chi connectivity index (χ4v) is 4.62. The van der Waals surface area contributed by atoms with E-state index in [2.05, 4.69) is 17.1 Å². The number of aromatic nitrogens is 4. The van der Waals surface area contributed by atoms with Crippen LogP contribution < -0.4 is 5.56 Å². The summed E-state index contributed by atoms with van der Waals surface area (Å²) in [5, 5.41) is 5.56. The van der Waals surface area contributed by atoms with E-state index in [1.165, 1.54) is 11.8 Å². The molecule has 3 aromatic heterocycles. The predicted molar refractivity (Wildman–Crippen MR) is 111 cm³/mol. The molecule has 0 radical (unpaired) electrons. The number of nitrogens with zero attached hydrogens (tertiary/aromatic N) is 4. The van der Waals surface area contributed by atoms with E-state index in [1.807, 2.05) is 34.6 Å². The summed E-state index contributed by atoms with van der Waals surface area (Å²) >= 11 is 3.07. The molecule has 0 aromatic carbocycles. The summed E-state index contributed by atoms with van der Waals surface area (Å²) in [4.78, 5) is 24.3. The zero-order valence-electron chi connectivity index (χ0n) is 16.8. The Labute approximate surface area is 167 Å². The van der Waals surface area contributed by atoms with Crippen molar-refractivity contribution in [1.29, 1.82) is 0 Å². The SMILES string of the molecule is CCCCn1c(SCc2noc(C(C)(C)C)n2)nc2sc(C)c(C)c2c1=O. The van der Waals surface area contributed by atoms with Gasteiger partial charge in [0.05, 0.1) is 11.1 Å². The van der Waals surface area contributed by atoms with Crippen LogP contribution in [0.4, 0.5) is 0 Å². The van der Waals surface area contributed by atoms with Crippen molar-refractivity contribution in [2.24, 2.45) is 0 Å². The second-order valence-corrected chi connectivity index (χ2v) is 9.87. The van der Waals surface area contributed by atoms with Crippen LogP contribution >= 0.6 is 23.1 Å². The Hall–Kier alpha value is -1.67. The molecule has 27 heavy (non-hydrogen) atoms. The third kappa shape index (κ3) is 4.11. The molecule has 3 aromatic rings. The number of rotatable bonds is 6. The Kier molecular flexibility index (Phi) is 5.76. The van der Waals surface area contributed by atoms with Crippen molar-refractivity contribution in [3.63, 3.8) is 0 Å². The normalized spacial score (nSPS) is 12.2. The van der Waals surface area contributed by atoms with Gasteiger partial charge in [-0.1, -0.05) is 51.0 Å². The Balaban J connectivity index is 1.94. The Morgan fingerprint density at radius 2 is 1.96 bits per heavy atom. The average Bonchev–Trinajstić information content (AvgIpc) is 3.18. The van der Waals surface area contributed by atoms with Crippen molar-refractivity contribution in [1.82, 2.24) is 19.7 Å². The van der Waals surface area contributed by atoms with E-state index in [1.54, 1.807) is 15.9 Å². The summed E-state index contributed by atoms with van der Waals surface area (Å²) in [7, 11) is 0. The Morgan fingerprint density at radius 3 is 2.59 bits per heavy atom. The van der Waals surface area contributed by atoms with Crippen molar-refractivity contribution in [2.75, 3.05) is 0 Å². The van der Waals surface area contributed by atoms with Crippen molar-refractivity contribution in [3.8, 4) is 0 Å². The monoisotopic (exact) mass is 406 g/mol. The van der Waals surface area contributed by atoms with Crippen LogP contribution in [0.1, 0.15) is 62.7 Å². The van der Waals surface area contributed by atoms with Gasteiger partial charge >= 0.3 is 0 Å². The van der Waals surface area contributed by atoms with E-state index < -0.39 is 0 Å². The van der Waals surface area contributed by atoms with E-state index in [0.717, 1.165) is 38.7 Å². The van der Waals surface area contributed by atoms with Gasteiger partial charge in [0.15, 0.2) is 11.0 Å². The third-order valence-electron chi connectivity index (χ3n) is 4.43. The number of thiophene rings is 1. The maximum atomic E-state index is 13.1. The lowest BCUT2D eigenvalue weighted by atomic mass is 9.97. The second kappa shape index (κ2) is 7.75. The minimum atomic E-state index is -0.178. The van der Waals surface area contributed by atoms with Crippen LogP contribution in [0.2, 0.25) is 0 Å². The predicted octanol–water partition coefficient (Wildman–Crippen LogP) is 4.85. The first-order valence-electron chi connectivity index (χ1n) is 9.18. The van der Waals surface area contributed by atoms with Gasteiger partial charge in [-0.25, -0.2) is 4.98 Å². The lowest BCUT2D eigenvalue weighted by Gasteiger charge is -2.11. The van der Waals surface area contributed by atoms with Crippen LogP contribution in [0, 0.1) is 13.8 Å². The fourth-order valence-electron chi connectivity index (χ4n) is 2.68. The van der Waals surface area contributed by atoms with E-state index >= 15 is 0 Å². The van der Waals surface area contributed by atoms with Crippen molar-refractivity contribution in [3.05, 3.63) is 32.5 Å². The van der Waals surface area contributed by atoms with Gasteiger partial charge in [0.2, 0.25) is 5.89 Å². The molecule has 0 N–H and O–H groups in total. The Morgan fingerprint density at radius 1 is 1.22 bits per heavy atom. The topological polar surface area (TPSA) is 73.8 Å². The molecular formula is C19H26N4O2S2. The smallest absolute Gasteiger partial charge is 0.263 e. The molecule has 0 saturated carbocycles. The average molecular weight is 407 g/mol. The summed E-state index contributed by atoms with van der Waals surface area (Å²) in [5.74, 6) is 1.77. The molecule has 0 atom stereocenters. The van der Waals surface area contributed by atoms with Gasteiger partial charge in [-0.15, -0.1) is 11.3 Å². The minimum absolute atomic E-state index is 0.0568. The van der Waals surface area contributed by atoms with E-state index in [0.29, 0.717) is 24.0 Å². The summed E-state index contributed by atoms with van der Waals surface area (Å²) in [6.07, 6.45) is 1.97. The van der Waals surface area contributed by atoms with Crippen LogP contribution in [0.15, 0.2) is 14.5 Å². The molecule has 3 rings (SSSR count). The molecule has 0 spiro atoms. The largest absolute Gasteiger partial charge is 0.339 e. The summed E-state index contributed by atoms with van der Waals surface area (Å²) in [5.41, 5.74) is 0.922. The number of hydrogen-bond donors (Lipinski definition) is 0. The van der Waals surface area contributed by atoms with Crippen LogP contribution in [-0.4, -0.2) is 19.7 Å². The molecule has 3 heterocycles. The lowest BCUT2D eigenvalue weighted by molar-refractivity contribution is 0.319. The molecule has 0 saturated heterocycles. The van der Waals surface area contributed by atoms with Crippen LogP contribution in [0.25, 0.3) is 10.2 Å². The molecule has 0 unspecified atom stereocenters. The zero-order valence-corrected chi connectivity index (χ0v) is 18.4. The van der Waals surface area contributed by atoms with Crippen LogP contribution in [0.3, 0.4) is 0 Å². The first-order valence-corrected chi connectivity index (χ1v) is 11.0. The first kappa shape index (κ1) is 20.1. The van der Waals surface area contributed by atoms with Gasteiger partial charge in [-0.2, -0.15) is 4.98 Å². The number of fused-ring (bicyclic) bond motifs is 1. The molecule has 6 nitrogen and oxygen atoms in total. The van der Waals surface area contributed by atoms with Gasteiger partial charge in [0.25, 0.3) is 5.56 Å². The molecule has 0 aliphatic carbocycles. The number of thioether (sulfide) groups is 1. The highest BCUT2D eigenvalue weighted by atomic mass is 32.2. The highest BCUT2D eigenvalue weighted by Crippen LogP contribution is 2.29. The second-order valence-electron chi connectivity index (χ2n) is 7.72. The van der Waals surface area contributed by atoms with Gasteiger partial charge in [0.1, 0.15) is 4.83 Å². The molecule has 8 heteroatoms. The Bertz CT molecular complexity index is 1010. The highest BCUT2D eigenvalue weighted by Gasteiger charge is 2.22. The lowest BCUT2D eigenvalue weighted by Crippen LogP contribution is -2.23. The minimum Gasteiger partial charge on any atom is -0.339 e. The molecule has 0 fully saturated rings. The van der Waals surface area contributed by atoms with E-state index in [-0.39, 0.29) is 11.0 Å². The van der Waals surface area contributed by atoms with Crippen molar-refractivity contribution in [2.45, 2.75) is 77.3 Å². The van der Waals surface area contributed by atoms with Gasteiger partial charge < -0.3 is 4.52 Å². The van der Waals surface area contributed by atoms with Gasteiger partial charge in [-0.3, -0.25) is 9.36 Å². The van der Waals surface area contributed by atoms with Gasteiger partial charge in [0, 0.05) is 16.8 Å². The molecule has 0 amide bonds. The standard InChI is InChI=1S/C19H26N4O2S2/c1-7-8-9-23-16(24)14-11(2)12(3)27-15(14)21-18(23)26-10-13-20-17(25-22-13)19(4,5)6/h7-10H2,1-6H3. The summed E-state index contributed by atoms with van der Waals surface area (Å²) in [6.45, 7) is 13.0. The molecule has 146 valence electrons. The van der Waals surface area contributed by atoms with E-state index in [9.17, 15) is 4.79 Å². The molecule has 0 aliphatic rings. The quantitative estimate of drug-likeness (QED) is 0.430. The van der Waals surface area contributed by atoms with E-state index in [4.69, 9.17) is 9.51 Å².